The summed E-state index contributed by atoms with van der Waals surface area (Å²) < 4.78 is 19.7. The van der Waals surface area contributed by atoms with E-state index in [1.165, 1.54) is 12.1 Å². The summed E-state index contributed by atoms with van der Waals surface area (Å²) in [6.07, 6.45) is 3.08. The van der Waals surface area contributed by atoms with Gasteiger partial charge in [0.15, 0.2) is 11.2 Å². The number of rotatable bonds is 9. The second kappa shape index (κ2) is 10.3. The third kappa shape index (κ3) is 4.60. The number of methoxy groups -OCH3 is 1. The molecule has 0 fully saturated rings. The van der Waals surface area contributed by atoms with E-state index in [2.05, 4.69) is 13.8 Å². The zero-order chi connectivity index (χ0) is 27.7. The van der Waals surface area contributed by atoms with E-state index in [1.807, 2.05) is 32.0 Å². The quantitative estimate of drug-likeness (QED) is 0.249. The minimum atomic E-state index is -1.26. The third-order valence-electron chi connectivity index (χ3n) is 8.16. The Morgan fingerprint density at radius 1 is 0.632 bits per heavy atom. The van der Waals surface area contributed by atoms with E-state index in [0.717, 1.165) is 18.4 Å². The molecule has 4 N–H and O–H groups in total. The van der Waals surface area contributed by atoms with Crippen molar-refractivity contribution in [1.82, 2.24) is 0 Å². The van der Waals surface area contributed by atoms with E-state index in [-0.39, 0.29) is 28.6 Å². The predicted molar refractivity (Wildman–Crippen MR) is 145 cm³/mol. The average Bonchev–Trinajstić information content (AvgIpc) is 2.98. The van der Waals surface area contributed by atoms with Crippen molar-refractivity contribution >= 4 is 0 Å². The van der Waals surface area contributed by atoms with Gasteiger partial charge in [-0.1, -0.05) is 27.7 Å². The monoisotopic (exact) mass is 522 g/mol. The first-order chi connectivity index (χ1) is 18.1. The molecular formula is C31H38O7. The summed E-state index contributed by atoms with van der Waals surface area (Å²) in [5.74, 6) is 0.665. The number of aromatic hydroxyl groups is 4. The molecule has 7 nitrogen and oxygen atoms in total. The van der Waals surface area contributed by atoms with E-state index >= 15 is 0 Å². The summed E-state index contributed by atoms with van der Waals surface area (Å²) in [4.78, 5) is 0. The summed E-state index contributed by atoms with van der Waals surface area (Å²) in [6, 6.07) is 14.5. The number of hydrogen-bond acceptors (Lipinski definition) is 7. The van der Waals surface area contributed by atoms with Gasteiger partial charge in [0.2, 0.25) is 0 Å². The molecule has 0 aliphatic carbocycles. The number of hydrogen-bond donors (Lipinski definition) is 4. The largest absolute Gasteiger partial charge is 0.508 e. The molecular weight excluding hydrogens is 484 g/mol. The van der Waals surface area contributed by atoms with Crippen LogP contribution in [0.4, 0.5) is 0 Å². The van der Waals surface area contributed by atoms with E-state index < -0.39 is 11.2 Å². The van der Waals surface area contributed by atoms with Crippen molar-refractivity contribution in [2.45, 2.75) is 76.6 Å². The minimum absolute atomic E-state index is 0.118. The lowest BCUT2D eigenvalue weighted by Gasteiger charge is -2.48. The molecule has 4 rings (SSSR count). The first-order valence-corrected chi connectivity index (χ1v) is 13.2. The first-order valence-electron chi connectivity index (χ1n) is 13.2. The van der Waals surface area contributed by atoms with Crippen molar-refractivity contribution < 1.29 is 34.6 Å². The molecule has 0 amide bonds. The fraction of sp³-hybridized carbons (Fsp3) is 0.419. The molecule has 0 spiro atoms. The van der Waals surface area contributed by atoms with Crippen LogP contribution in [0.15, 0.2) is 54.6 Å². The van der Waals surface area contributed by atoms with Crippen LogP contribution >= 0.6 is 0 Å². The van der Waals surface area contributed by atoms with Crippen molar-refractivity contribution in [2.75, 3.05) is 7.11 Å². The highest BCUT2D eigenvalue weighted by Gasteiger charge is 2.58. The number of fused-ring (bicyclic) bond motifs is 2. The van der Waals surface area contributed by atoms with Crippen LogP contribution in [0.25, 0.3) is 0 Å². The molecule has 2 bridgehead atoms. The summed E-state index contributed by atoms with van der Waals surface area (Å²) in [5, 5.41) is 41.8. The van der Waals surface area contributed by atoms with Crippen LogP contribution in [-0.4, -0.2) is 33.1 Å². The maximum atomic E-state index is 10.5. The molecule has 1 aliphatic heterocycles. The Balaban J connectivity index is 2.00. The fourth-order valence-corrected chi connectivity index (χ4v) is 6.02. The number of phenolic OH excluding ortho intramolecular Hbond substituents is 4. The lowest BCUT2D eigenvalue weighted by Crippen LogP contribution is -2.55. The smallest absolute Gasteiger partial charge is 0.177 e. The summed E-state index contributed by atoms with van der Waals surface area (Å²) in [5.41, 5.74) is -0.878. The molecule has 1 heterocycles. The zero-order valence-corrected chi connectivity index (χ0v) is 22.7. The van der Waals surface area contributed by atoms with Crippen LogP contribution in [0, 0.1) is 0 Å². The molecule has 204 valence electrons. The van der Waals surface area contributed by atoms with Gasteiger partial charge in [-0.15, -0.1) is 0 Å². The van der Waals surface area contributed by atoms with Gasteiger partial charge in [-0.3, -0.25) is 0 Å². The molecule has 2 unspecified atom stereocenters. The van der Waals surface area contributed by atoms with Crippen LogP contribution in [0.2, 0.25) is 0 Å². The molecule has 38 heavy (non-hydrogen) atoms. The van der Waals surface area contributed by atoms with E-state index in [0.29, 0.717) is 41.9 Å². The van der Waals surface area contributed by atoms with Crippen LogP contribution in [0.3, 0.4) is 0 Å². The van der Waals surface area contributed by atoms with Gasteiger partial charge in [0.25, 0.3) is 0 Å². The highest BCUT2D eigenvalue weighted by molar-refractivity contribution is 5.50. The molecule has 0 saturated heterocycles. The molecule has 0 aromatic heterocycles. The Kier molecular flexibility index (Phi) is 7.44. The average molecular weight is 523 g/mol. The van der Waals surface area contributed by atoms with Gasteiger partial charge in [0, 0.05) is 42.9 Å². The van der Waals surface area contributed by atoms with Crippen molar-refractivity contribution in [3.05, 3.63) is 71.3 Å². The Bertz CT molecular complexity index is 1160. The van der Waals surface area contributed by atoms with Crippen molar-refractivity contribution in [3.8, 4) is 34.5 Å². The number of benzene rings is 3. The summed E-state index contributed by atoms with van der Waals surface area (Å²) in [7, 11) is 1.73. The number of ether oxygens (including phenoxy) is 3. The predicted octanol–water partition coefficient (Wildman–Crippen LogP) is 6.64. The van der Waals surface area contributed by atoms with E-state index in [4.69, 9.17) is 14.2 Å². The topological polar surface area (TPSA) is 109 Å². The second-order valence-corrected chi connectivity index (χ2v) is 10.1. The van der Waals surface area contributed by atoms with Gasteiger partial charge in [-0.25, -0.2) is 0 Å². The Morgan fingerprint density at radius 3 is 1.34 bits per heavy atom. The highest BCUT2D eigenvalue weighted by atomic mass is 16.6. The SMILES string of the molecule is CCC(CC)(Cc1cc2cc(c1)OC(CC)(c1cc(O)cc(O)c1)C(CC)(c1cc(O)cc(O)c1)O2)OC. The van der Waals surface area contributed by atoms with Crippen molar-refractivity contribution in [1.29, 1.82) is 0 Å². The molecule has 2 atom stereocenters. The van der Waals surface area contributed by atoms with Gasteiger partial charge >= 0.3 is 0 Å². The summed E-state index contributed by atoms with van der Waals surface area (Å²) >= 11 is 0. The summed E-state index contributed by atoms with van der Waals surface area (Å²) in [6.45, 7) is 8.10. The van der Waals surface area contributed by atoms with Crippen molar-refractivity contribution in [2.24, 2.45) is 0 Å². The van der Waals surface area contributed by atoms with Crippen molar-refractivity contribution in [3.63, 3.8) is 0 Å². The fourth-order valence-electron chi connectivity index (χ4n) is 6.02. The molecule has 3 aromatic rings. The molecule has 1 aliphatic rings. The molecule has 0 saturated carbocycles. The maximum absolute atomic E-state index is 10.5. The van der Waals surface area contributed by atoms with Gasteiger partial charge in [-0.05, 0) is 67.6 Å². The lowest BCUT2D eigenvalue weighted by molar-refractivity contribution is -0.130. The van der Waals surface area contributed by atoms with Crippen LogP contribution in [0.1, 0.15) is 70.1 Å². The molecule has 7 heteroatoms. The first kappa shape index (κ1) is 27.5. The Hall–Kier alpha value is -3.58. The van der Waals surface area contributed by atoms with Gasteiger partial charge in [0.1, 0.15) is 34.5 Å². The highest BCUT2D eigenvalue weighted by Crippen LogP contribution is 2.55. The Labute approximate surface area is 224 Å². The normalized spacial score (nSPS) is 20.9. The van der Waals surface area contributed by atoms with E-state index in [1.54, 1.807) is 31.4 Å². The number of phenols is 4. The maximum Gasteiger partial charge on any atom is 0.177 e. The van der Waals surface area contributed by atoms with Gasteiger partial charge in [-0.2, -0.15) is 0 Å². The standard InChI is InChI=1S/C31H38O7/c1-6-29(7-2,36-5)19-20-10-27-18-28(11-20)38-31(9-4,22-14-25(34)17-26(35)15-22)30(8-3,37-27)21-12-23(32)16-24(33)13-21/h10-18,32-35H,6-9,19H2,1-5H3. The van der Waals surface area contributed by atoms with Crippen LogP contribution in [0.5, 0.6) is 34.5 Å². The lowest BCUT2D eigenvalue weighted by atomic mass is 9.69. The second-order valence-electron chi connectivity index (χ2n) is 10.1. The van der Waals surface area contributed by atoms with E-state index in [9.17, 15) is 20.4 Å². The molecule has 0 radical (unpaired) electrons. The third-order valence-corrected chi connectivity index (χ3v) is 8.16. The van der Waals surface area contributed by atoms with Crippen LogP contribution in [-0.2, 0) is 22.4 Å². The minimum Gasteiger partial charge on any atom is -0.508 e. The van der Waals surface area contributed by atoms with Gasteiger partial charge in [0.05, 0.1) is 5.60 Å². The zero-order valence-electron chi connectivity index (χ0n) is 22.7. The van der Waals surface area contributed by atoms with Crippen LogP contribution < -0.4 is 9.47 Å². The molecule has 3 aromatic carbocycles. The Morgan fingerprint density at radius 2 is 1.03 bits per heavy atom. The van der Waals surface area contributed by atoms with Gasteiger partial charge < -0.3 is 34.6 Å².